The van der Waals surface area contributed by atoms with Gasteiger partial charge in [-0.3, -0.25) is 14.9 Å². The molecule has 1 heterocycles. The van der Waals surface area contributed by atoms with E-state index in [-0.39, 0.29) is 17.3 Å². The number of hydrogen-bond acceptors (Lipinski definition) is 7. The summed E-state index contributed by atoms with van der Waals surface area (Å²) >= 11 is 7.18. The van der Waals surface area contributed by atoms with E-state index in [2.05, 4.69) is 10.5 Å². The van der Waals surface area contributed by atoms with Crippen molar-refractivity contribution in [2.24, 2.45) is 5.10 Å². The quantitative estimate of drug-likeness (QED) is 0.232. The van der Waals surface area contributed by atoms with Crippen molar-refractivity contribution < 1.29 is 18.9 Å². The van der Waals surface area contributed by atoms with Crippen molar-refractivity contribution in [2.75, 3.05) is 12.9 Å². The number of ether oxygens (including phenoxy) is 1. The molecule has 2 aromatic carbocycles. The SMILES string of the molecule is COc1ccc([N+](=O)[O-])cc1-c1ccc(/C=N\NC(=O)CSc2ccc(Cl)cc2)o1. The zero-order chi connectivity index (χ0) is 21.5. The van der Waals surface area contributed by atoms with Crippen LogP contribution in [0.3, 0.4) is 0 Å². The van der Waals surface area contributed by atoms with Crippen LogP contribution in [0.4, 0.5) is 5.69 Å². The number of non-ortho nitro benzene ring substituents is 1. The van der Waals surface area contributed by atoms with E-state index in [0.717, 1.165) is 4.90 Å². The third kappa shape index (κ3) is 5.62. The molecule has 30 heavy (non-hydrogen) atoms. The molecule has 0 aliphatic carbocycles. The fourth-order valence-electron chi connectivity index (χ4n) is 2.45. The fourth-order valence-corrected chi connectivity index (χ4v) is 3.27. The van der Waals surface area contributed by atoms with Crippen LogP contribution in [-0.4, -0.2) is 29.9 Å². The molecule has 0 aliphatic heterocycles. The van der Waals surface area contributed by atoms with E-state index >= 15 is 0 Å². The molecule has 1 N–H and O–H groups in total. The van der Waals surface area contributed by atoms with E-state index in [4.69, 9.17) is 20.8 Å². The summed E-state index contributed by atoms with van der Waals surface area (Å²) in [6.45, 7) is 0. The lowest BCUT2D eigenvalue weighted by Crippen LogP contribution is -2.19. The number of nitro benzene ring substituents is 1. The van der Waals surface area contributed by atoms with Crippen LogP contribution in [0.2, 0.25) is 5.02 Å². The van der Waals surface area contributed by atoms with Gasteiger partial charge in [0.25, 0.3) is 5.69 Å². The van der Waals surface area contributed by atoms with Crippen molar-refractivity contribution in [2.45, 2.75) is 4.90 Å². The van der Waals surface area contributed by atoms with E-state index < -0.39 is 4.92 Å². The second kappa shape index (κ2) is 9.95. The van der Waals surface area contributed by atoms with Gasteiger partial charge in [0, 0.05) is 22.1 Å². The lowest BCUT2D eigenvalue weighted by atomic mass is 10.1. The lowest BCUT2D eigenvalue weighted by molar-refractivity contribution is -0.384. The molecule has 0 saturated heterocycles. The number of thioether (sulfide) groups is 1. The Balaban J connectivity index is 1.60. The Morgan fingerprint density at radius 3 is 2.73 bits per heavy atom. The predicted molar refractivity (Wildman–Crippen MR) is 115 cm³/mol. The Morgan fingerprint density at radius 2 is 2.03 bits per heavy atom. The first-order valence-electron chi connectivity index (χ1n) is 8.59. The first-order chi connectivity index (χ1) is 14.5. The van der Waals surface area contributed by atoms with Gasteiger partial charge in [-0.05, 0) is 42.5 Å². The number of hydrogen-bond donors (Lipinski definition) is 1. The molecular weight excluding hydrogens is 430 g/mol. The normalized spacial score (nSPS) is 10.9. The number of nitro groups is 1. The lowest BCUT2D eigenvalue weighted by Gasteiger charge is -2.05. The number of carbonyl (C=O) groups is 1. The third-order valence-electron chi connectivity index (χ3n) is 3.85. The van der Waals surface area contributed by atoms with Crippen LogP contribution in [0, 0.1) is 10.1 Å². The zero-order valence-corrected chi connectivity index (χ0v) is 17.3. The number of carbonyl (C=O) groups excluding carboxylic acids is 1. The summed E-state index contributed by atoms with van der Waals surface area (Å²) in [5.74, 6) is 1.09. The van der Waals surface area contributed by atoms with Crippen LogP contribution in [0.5, 0.6) is 5.75 Å². The van der Waals surface area contributed by atoms with Gasteiger partial charge in [0.15, 0.2) is 0 Å². The molecule has 0 bridgehead atoms. The number of hydrazone groups is 1. The summed E-state index contributed by atoms with van der Waals surface area (Å²) in [7, 11) is 1.47. The molecule has 1 aromatic heterocycles. The van der Waals surface area contributed by atoms with Crippen molar-refractivity contribution in [1.82, 2.24) is 5.43 Å². The van der Waals surface area contributed by atoms with Crippen LogP contribution in [-0.2, 0) is 4.79 Å². The summed E-state index contributed by atoms with van der Waals surface area (Å²) in [5, 5.41) is 15.5. The van der Waals surface area contributed by atoms with Gasteiger partial charge in [-0.15, -0.1) is 11.8 Å². The van der Waals surface area contributed by atoms with Gasteiger partial charge in [0.05, 0.1) is 29.6 Å². The van der Waals surface area contributed by atoms with Gasteiger partial charge >= 0.3 is 0 Å². The van der Waals surface area contributed by atoms with Crippen molar-refractivity contribution >= 4 is 41.2 Å². The highest BCUT2D eigenvalue weighted by Gasteiger charge is 2.15. The number of benzene rings is 2. The Kier molecular flexibility index (Phi) is 7.10. The smallest absolute Gasteiger partial charge is 0.270 e. The van der Waals surface area contributed by atoms with E-state index in [1.54, 1.807) is 24.3 Å². The Morgan fingerprint density at radius 1 is 1.27 bits per heavy atom. The minimum absolute atomic E-state index is 0.0807. The molecule has 1 amide bonds. The number of methoxy groups -OCH3 is 1. The number of nitrogens with one attached hydrogen (secondary N) is 1. The topological polar surface area (TPSA) is 107 Å². The highest BCUT2D eigenvalue weighted by atomic mass is 35.5. The molecule has 0 atom stereocenters. The Hall–Kier alpha value is -3.30. The summed E-state index contributed by atoms with van der Waals surface area (Å²) in [5.41, 5.74) is 2.78. The molecule has 3 rings (SSSR count). The van der Waals surface area contributed by atoms with Crippen LogP contribution >= 0.6 is 23.4 Å². The van der Waals surface area contributed by atoms with Crippen molar-refractivity contribution in [3.63, 3.8) is 0 Å². The average Bonchev–Trinajstić information content (AvgIpc) is 3.21. The Bertz CT molecular complexity index is 1080. The minimum Gasteiger partial charge on any atom is -0.496 e. The van der Waals surface area contributed by atoms with Crippen LogP contribution in [0.1, 0.15) is 5.76 Å². The molecule has 0 radical (unpaired) electrons. The molecule has 0 aliphatic rings. The van der Waals surface area contributed by atoms with Gasteiger partial charge in [-0.2, -0.15) is 5.10 Å². The molecule has 0 unspecified atom stereocenters. The van der Waals surface area contributed by atoms with Crippen molar-refractivity contribution in [3.05, 3.63) is 75.5 Å². The zero-order valence-electron chi connectivity index (χ0n) is 15.7. The monoisotopic (exact) mass is 445 g/mol. The Labute approximate surface area is 181 Å². The van der Waals surface area contributed by atoms with E-state index in [0.29, 0.717) is 27.9 Å². The van der Waals surface area contributed by atoms with Gasteiger partial charge in [0.2, 0.25) is 5.91 Å². The minimum atomic E-state index is -0.494. The summed E-state index contributed by atoms with van der Waals surface area (Å²) < 4.78 is 10.9. The molecule has 154 valence electrons. The standard InChI is InChI=1S/C20H16ClN3O5S/c1-28-18-8-4-14(24(26)27)10-17(18)19-9-5-15(29-19)11-22-23-20(25)12-30-16-6-2-13(21)3-7-16/h2-11H,12H2,1H3,(H,23,25)/b22-11-. The molecular formula is C20H16ClN3O5S. The van der Waals surface area contributed by atoms with Crippen LogP contribution < -0.4 is 10.2 Å². The maximum absolute atomic E-state index is 11.9. The highest BCUT2D eigenvalue weighted by molar-refractivity contribution is 8.00. The van der Waals surface area contributed by atoms with Crippen molar-refractivity contribution in [3.8, 4) is 17.1 Å². The van der Waals surface area contributed by atoms with E-state index in [1.165, 1.54) is 43.3 Å². The van der Waals surface area contributed by atoms with Crippen molar-refractivity contribution in [1.29, 1.82) is 0 Å². The molecule has 10 heteroatoms. The predicted octanol–water partition coefficient (Wildman–Crippen LogP) is 4.76. The number of rotatable bonds is 8. The van der Waals surface area contributed by atoms with E-state index in [1.807, 2.05) is 12.1 Å². The number of furan rings is 1. The molecule has 0 fully saturated rings. The summed E-state index contributed by atoms with van der Waals surface area (Å²) in [6.07, 6.45) is 1.35. The van der Waals surface area contributed by atoms with Crippen LogP contribution in [0.15, 0.2) is 69.0 Å². The second-order valence-corrected chi connectivity index (χ2v) is 7.36. The summed E-state index contributed by atoms with van der Waals surface area (Å²) in [6, 6.07) is 14.7. The van der Waals surface area contributed by atoms with Gasteiger partial charge < -0.3 is 9.15 Å². The molecule has 3 aromatic rings. The number of nitrogens with zero attached hydrogens (tertiary/aromatic N) is 2. The van der Waals surface area contributed by atoms with E-state index in [9.17, 15) is 14.9 Å². The number of amides is 1. The molecule has 8 nitrogen and oxygen atoms in total. The first kappa shape index (κ1) is 21.4. The van der Waals surface area contributed by atoms with Crippen LogP contribution in [0.25, 0.3) is 11.3 Å². The van der Waals surface area contributed by atoms with Gasteiger partial charge in [-0.25, -0.2) is 5.43 Å². The van der Waals surface area contributed by atoms with Gasteiger partial charge in [-0.1, -0.05) is 11.6 Å². The molecule has 0 spiro atoms. The third-order valence-corrected chi connectivity index (χ3v) is 5.11. The summed E-state index contributed by atoms with van der Waals surface area (Å²) in [4.78, 5) is 23.3. The fraction of sp³-hybridized carbons (Fsp3) is 0.100. The first-order valence-corrected chi connectivity index (χ1v) is 9.95. The maximum Gasteiger partial charge on any atom is 0.270 e. The molecule has 0 saturated carbocycles. The number of halogens is 1. The van der Waals surface area contributed by atoms with Gasteiger partial charge in [0.1, 0.15) is 17.3 Å². The second-order valence-electron chi connectivity index (χ2n) is 5.88. The highest BCUT2D eigenvalue weighted by Crippen LogP contribution is 2.34. The maximum atomic E-state index is 11.9. The average molecular weight is 446 g/mol. The largest absolute Gasteiger partial charge is 0.496 e.